The largest absolute Gasteiger partial charge is 0.508 e. The van der Waals surface area contributed by atoms with Crippen molar-refractivity contribution in [3.8, 4) is 11.8 Å². The van der Waals surface area contributed by atoms with Crippen molar-refractivity contribution in [2.45, 2.75) is 56.9 Å². The normalized spacial score (nSPS) is 23.5. The number of phenols is 1. The first kappa shape index (κ1) is 27.2. The standard InChI is InChI=1S/C34H41N5O3/c1-3-31(41)39-21-34(22-39)12-15-38(16-13-34)32-28-11-10-24(29-19-26(40)17-23-7-4-5-9-27(23)29)18-30(28)35-33(36-32)42-20-25-8-6-14-37(25)2/h3-5,7,9,17,19,24-25,40H,1,6,8,10-16,18,20-22H2,2H3. The van der Waals surface area contributed by atoms with Crippen LogP contribution in [0, 0.1) is 5.41 Å². The average Bonchev–Trinajstić information content (AvgIpc) is 3.41. The average molecular weight is 568 g/mol. The third kappa shape index (κ3) is 5.00. The summed E-state index contributed by atoms with van der Waals surface area (Å²) in [4.78, 5) is 28.9. The Kier molecular flexibility index (Phi) is 7.05. The minimum atomic E-state index is 0.0386. The van der Waals surface area contributed by atoms with Crippen LogP contribution in [-0.2, 0) is 17.6 Å². The van der Waals surface area contributed by atoms with E-state index in [-0.39, 0.29) is 17.2 Å². The zero-order valence-corrected chi connectivity index (χ0v) is 24.6. The smallest absolute Gasteiger partial charge is 0.318 e. The third-order valence-electron chi connectivity index (χ3n) is 10.3. The molecule has 220 valence electrons. The summed E-state index contributed by atoms with van der Waals surface area (Å²) < 4.78 is 6.33. The molecule has 0 radical (unpaired) electrons. The highest BCUT2D eigenvalue weighted by molar-refractivity contribution is 5.88. The Morgan fingerprint density at radius 2 is 1.95 bits per heavy atom. The highest BCUT2D eigenvalue weighted by Crippen LogP contribution is 2.44. The van der Waals surface area contributed by atoms with Gasteiger partial charge in [-0.2, -0.15) is 9.97 Å². The molecule has 2 unspecified atom stereocenters. The number of piperidine rings is 1. The first-order valence-corrected chi connectivity index (χ1v) is 15.5. The van der Waals surface area contributed by atoms with Crippen molar-refractivity contribution < 1.29 is 14.6 Å². The number of amides is 1. The molecule has 1 spiro atoms. The van der Waals surface area contributed by atoms with Gasteiger partial charge in [0.2, 0.25) is 5.91 Å². The number of aromatic nitrogens is 2. The molecule has 3 aliphatic heterocycles. The van der Waals surface area contributed by atoms with Crippen LogP contribution in [0.25, 0.3) is 10.8 Å². The second-order valence-electron chi connectivity index (χ2n) is 12.9. The van der Waals surface area contributed by atoms with Crippen molar-refractivity contribution in [3.05, 3.63) is 65.9 Å². The van der Waals surface area contributed by atoms with Gasteiger partial charge in [-0.15, -0.1) is 0 Å². The topological polar surface area (TPSA) is 82.0 Å². The lowest BCUT2D eigenvalue weighted by atomic mass is 9.72. The predicted molar refractivity (Wildman–Crippen MR) is 164 cm³/mol. The quantitative estimate of drug-likeness (QED) is 0.433. The van der Waals surface area contributed by atoms with Crippen LogP contribution in [0.1, 0.15) is 54.8 Å². The summed E-state index contributed by atoms with van der Waals surface area (Å²) in [6, 6.07) is 13.0. The van der Waals surface area contributed by atoms with E-state index < -0.39 is 0 Å². The van der Waals surface area contributed by atoms with Crippen molar-refractivity contribution >= 4 is 22.5 Å². The van der Waals surface area contributed by atoms with E-state index in [9.17, 15) is 9.90 Å². The van der Waals surface area contributed by atoms with Gasteiger partial charge in [-0.1, -0.05) is 30.8 Å². The Bertz CT molecular complexity index is 1510. The molecule has 8 nitrogen and oxygen atoms in total. The molecule has 3 saturated heterocycles. The lowest BCUT2D eigenvalue weighted by Gasteiger charge is -2.54. The summed E-state index contributed by atoms with van der Waals surface area (Å²) >= 11 is 0. The summed E-state index contributed by atoms with van der Waals surface area (Å²) in [5.41, 5.74) is 3.73. The number of carbonyl (C=O) groups excluding carboxylic acids is 1. The Hall–Kier alpha value is -3.65. The van der Waals surface area contributed by atoms with E-state index in [2.05, 4.69) is 41.6 Å². The number of nitrogens with zero attached hydrogens (tertiary/aromatic N) is 5. The van der Waals surface area contributed by atoms with Crippen molar-refractivity contribution in [3.63, 3.8) is 0 Å². The molecule has 1 amide bonds. The number of likely N-dealkylation sites (N-methyl/N-ethyl adjacent to an activating group) is 1. The number of ether oxygens (including phenoxy) is 1. The highest BCUT2D eigenvalue weighted by atomic mass is 16.5. The molecule has 4 heterocycles. The fraction of sp³-hybridized carbons (Fsp3) is 0.500. The molecule has 42 heavy (non-hydrogen) atoms. The molecule has 0 bridgehead atoms. The molecule has 4 aliphatic rings. The van der Waals surface area contributed by atoms with E-state index in [0.29, 0.717) is 24.4 Å². The molecule has 3 fully saturated rings. The number of hydrogen-bond acceptors (Lipinski definition) is 7. The summed E-state index contributed by atoms with van der Waals surface area (Å²) in [5.74, 6) is 1.65. The van der Waals surface area contributed by atoms with Crippen molar-refractivity contribution in [2.75, 3.05) is 51.3 Å². The van der Waals surface area contributed by atoms with Crippen LogP contribution in [0.15, 0.2) is 49.1 Å². The Morgan fingerprint density at radius 1 is 1.14 bits per heavy atom. The lowest BCUT2D eigenvalue weighted by Crippen LogP contribution is -2.61. The van der Waals surface area contributed by atoms with Crippen molar-refractivity contribution in [2.24, 2.45) is 5.41 Å². The number of hydrogen-bond donors (Lipinski definition) is 1. The molecule has 7 rings (SSSR count). The summed E-state index contributed by atoms with van der Waals surface area (Å²) in [6.45, 7) is 8.86. The minimum Gasteiger partial charge on any atom is -0.508 e. The second kappa shape index (κ2) is 10.9. The van der Waals surface area contributed by atoms with Gasteiger partial charge in [0.15, 0.2) is 0 Å². The predicted octanol–water partition coefficient (Wildman–Crippen LogP) is 4.70. The first-order valence-electron chi connectivity index (χ1n) is 15.5. The molecule has 8 heteroatoms. The van der Waals surface area contributed by atoms with Gasteiger partial charge in [0.05, 0.1) is 5.69 Å². The Morgan fingerprint density at radius 3 is 2.71 bits per heavy atom. The van der Waals surface area contributed by atoms with Crippen LogP contribution in [0.5, 0.6) is 11.8 Å². The minimum absolute atomic E-state index is 0.0386. The van der Waals surface area contributed by atoms with Crippen molar-refractivity contribution in [1.82, 2.24) is 19.8 Å². The number of anilines is 1. The van der Waals surface area contributed by atoms with E-state index in [1.165, 1.54) is 29.0 Å². The van der Waals surface area contributed by atoms with Crippen LogP contribution in [0.4, 0.5) is 5.82 Å². The number of rotatable bonds is 6. The first-order chi connectivity index (χ1) is 20.4. The van der Waals surface area contributed by atoms with Gasteiger partial charge in [-0.3, -0.25) is 4.79 Å². The second-order valence-corrected chi connectivity index (χ2v) is 12.9. The molecular weight excluding hydrogens is 526 g/mol. The van der Waals surface area contributed by atoms with Gasteiger partial charge in [0.25, 0.3) is 0 Å². The zero-order valence-electron chi connectivity index (χ0n) is 24.6. The molecule has 1 N–H and O–H groups in total. The maximum atomic E-state index is 12.1. The number of phenolic OH excluding ortho intramolecular Hbond substituents is 1. The molecule has 0 saturated carbocycles. The van der Waals surface area contributed by atoms with Crippen LogP contribution in [0.2, 0.25) is 0 Å². The molecule has 3 aromatic rings. The molecule has 1 aromatic heterocycles. The number of likely N-dealkylation sites (tertiary alicyclic amines) is 2. The Balaban J connectivity index is 1.16. The van der Waals surface area contributed by atoms with Gasteiger partial charge < -0.3 is 24.5 Å². The summed E-state index contributed by atoms with van der Waals surface area (Å²) in [7, 11) is 2.16. The van der Waals surface area contributed by atoms with Gasteiger partial charge in [-0.05, 0) is 99.0 Å². The van der Waals surface area contributed by atoms with Crippen LogP contribution in [0.3, 0.4) is 0 Å². The summed E-state index contributed by atoms with van der Waals surface area (Å²) in [5, 5.41) is 12.8. The van der Waals surface area contributed by atoms with Gasteiger partial charge >= 0.3 is 6.01 Å². The van der Waals surface area contributed by atoms with Gasteiger partial charge in [0.1, 0.15) is 18.2 Å². The van der Waals surface area contributed by atoms with Crippen LogP contribution in [-0.4, -0.2) is 83.2 Å². The number of carbonyl (C=O) groups is 1. The van der Waals surface area contributed by atoms with E-state index in [1.807, 2.05) is 23.1 Å². The van der Waals surface area contributed by atoms with Gasteiger partial charge in [-0.25, -0.2) is 0 Å². The van der Waals surface area contributed by atoms with E-state index in [4.69, 9.17) is 14.7 Å². The lowest BCUT2D eigenvalue weighted by molar-refractivity contribution is -0.139. The molecule has 2 aromatic carbocycles. The Labute approximate surface area is 248 Å². The number of aromatic hydroxyl groups is 1. The zero-order chi connectivity index (χ0) is 28.8. The van der Waals surface area contributed by atoms with Crippen molar-refractivity contribution in [1.29, 1.82) is 0 Å². The molecular formula is C34H41N5O3. The van der Waals surface area contributed by atoms with Crippen LogP contribution >= 0.6 is 0 Å². The fourth-order valence-electron chi connectivity index (χ4n) is 7.75. The third-order valence-corrected chi connectivity index (χ3v) is 10.3. The summed E-state index contributed by atoms with van der Waals surface area (Å²) in [6.07, 6.45) is 8.55. The maximum Gasteiger partial charge on any atom is 0.318 e. The van der Waals surface area contributed by atoms with Gasteiger partial charge in [0, 0.05) is 43.2 Å². The fourth-order valence-corrected chi connectivity index (χ4v) is 7.75. The van der Waals surface area contributed by atoms with E-state index >= 15 is 0 Å². The SMILES string of the molecule is C=CC(=O)N1CC2(CCN(c3nc(OCC4CCCN4C)nc4c3CCC(c3cc(O)cc5ccccc35)C4)CC2)C1. The van der Waals surface area contributed by atoms with E-state index in [0.717, 1.165) is 88.1 Å². The number of fused-ring (bicyclic) bond motifs is 2. The molecule has 2 atom stereocenters. The number of benzene rings is 2. The molecule has 1 aliphatic carbocycles. The highest BCUT2D eigenvalue weighted by Gasteiger charge is 2.46. The maximum absolute atomic E-state index is 12.1. The van der Waals surface area contributed by atoms with Crippen LogP contribution < -0.4 is 9.64 Å². The van der Waals surface area contributed by atoms with E-state index in [1.54, 1.807) is 0 Å². The monoisotopic (exact) mass is 567 g/mol.